The second-order valence-corrected chi connectivity index (χ2v) is 15.2. The first-order chi connectivity index (χ1) is 28.8. The van der Waals surface area contributed by atoms with Gasteiger partial charge in [0.15, 0.2) is 5.82 Å². The molecule has 0 amide bonds. The summed E-state index contributed by atoms with van der Waals surface area (Å²) < 4.78 is 2.17. The van der Waals surface area contributed by atoms with Gasteiger partial charge in [0.1, 0.15) is 5.65 Å². The summed E-state index contributed by atoms with van der Waals surface area (Å²) in [6, 6.07) is 71.5. The molecule has 1 spiro atoms. The fourth-order valence-electron chi connectivity index (χ4n) is 9.58. The van der Waals surface area contributed by atoms with Crippen molar-refractivity contribution in [2.45, 2.75) is 5.41 Å². The van der Waals surface area contributed by atoms with E-state index < -0.39 is 5.41 Å². The predicted molar refractivity (Wildman–Crippen MR) is 234 cm³/mol. The fraction of sp³-hybridized carbons (Fsp3) is 0.0185. The number of pyridine rings is 1. The van der Waals surface area contributed by atoms with E-state index in [1.54, 1.807) is 0 Å². The number of rotatable bonds is 5. The SMILES string of the molecule is c1ccc(-c2cc(-c3ccc4c(c3)C3(c5ccccc5-c5ccccc53)c3ccccc3-4)nc(-c3ccc(-c4c(-c5ccccc5)nc5ccccn45)cc3)n2)cc1. The Bertz CT molecular complexity index is 3150. The summed E-state index contributed by atoms with van der Waals surface area (Å²) in [5.41, 5.74) is 19.9. The molecule has 4 nitrogen and oxygen atoms in total. The molecule has 0 fully saturated rings. The number of hydrogen-bond donors (Lipinski definition) is 0. The number of fused-ring (bicyclic) bond motifs is 11. The maximum absolute atomic E-state index is 5.36. The third kappa shape index (κ3) is 4.72. The molecule has 3 aromatic heterocycles. The van der Waals surface area contributed by atoms with Crippen molar-refractivity contribution in [1.29, 1.82) is 0 Å². The first-order valence-electron chi connectivity index (χ1n) is 19.8. The molecule has 270 valence electrons. The molecule has 0 aliphatic heterocycles. The Kier molecular flexibility index (Phi) is 7.11. The smallest absolute Gasteiger partial charge is 0.160 e. The van der Waals surface area contributed by atoms with Crippen LogP contribution in [-0.4, -0.2) is 19.4 Å². The average molecular weight is 739 g/mol. The van der Waals surface area contributed by atoms with Gasteiger partial charge in [-0.05, 0) is 68.8 Å². The van der Waals surface area contributed by atoms with Gasteiger partial charge in [-0.2, -0.15) is 0 Å². The topological polar surface area (TPSA) is 43.1 Å². The molecule has 7 aromatic carbocycles. The summed E-state index contributed by atoms with van der Waals surface area (Å²) in [4.78, 5) is 15.6. The zero-order valence-corrected chi connectivity index (χ0v) is 31.4. The van der Waals surface area contributed by atoms with E-state index in [9.17, 15) is 0 Å². The van der Waals surface area contributed by atoms with Gasteiger partial charge >= 0.3 is 0 Å². The van der Waals surface area contributed by atoms with E-state index in [0.29, 0.717) is 5.82 Å². The Morgan fingerprint density at radius 2 is 0.845 bits per heavy atom. The van der Waals surface area contributed by atoms with E-state index >= 15 is 0 Å². The lowest BCUT2D eigenvalue weighted by molar-refractivity contribution is 0.794. The highest BCUT2D eigenvalue weighted by Gasteiger charge is 2.51. The molecule has 0 atom stereocenters. The molecule has 0 radical (unpaired) electrons. The largest absolute Gasteiger partial charge is 0.299 e. The third-order valence-corrected chi connectivity index (χ3v) is 12.1. The van der Waals surface area contributed by atoms with Crippen molar-refractivity contribution in [2.24, 2.45) is 0 Å². The van der Waals surface area contributed by atoms with Gasteiger partial charge in [-0.15, -0.1) is 0 Å². The normalized spacial score (nSPS) is 13.0. The maximum atomic E-state index is 5.36. The lowest BCUT2D eigenvalue weighted by Crippen LogP contribution is -2.25. The molecule has 3 heterocycles. The highest BCUT2D eigenvalue weighted by molar-refractivity contribution is 5.96. The van der Waals surface area contributed by atoms with Crippen molar-refractivity contribution in [1.82, 2.24) is 19.4 Å². The second-order valence-electron chi connectivity index (χ2n) is 15.2. The number of imidazole rings is 1. The molecule has 12 rings (SSSR count). The minimum absolute atomic E-state index is 0.431. The van der Waals surface area contributed by atoms with Crippen LogP contribution >= 0.6 is 0 Å². The van der Waals surface area contributed by atoms with E-state index in [0.717, 1.165) is 56.2 Å². The molecule has 0 bridgehead atoms. The Morgan fingerprint density at radius 1 is 0.345 bits per heavy atom. The molecule has 10 aromatic rings. The highest BCUT2D eigenvalue weighted by atomic mass is 15.0. The Hall–Kier alpha value is -7.69. The number of nitrogens with zero attached hydrogens (tertiary/aromatic N) is 4. The maximum Gasteiger partial charge on any atom is 0.160 e. The van der Waals surface area contributed by atoms with Crippen LogP contribution in [0.15, 0.2) is 206 Å². The van der Waals surface area contributed by atoms with E-state index in [2.05, 4.69) is 193 Å². The van der Waals surface area contributed by atoms with Gasteiger partial charge in [-0.25, -0.2) is 15.0 Å². The zero-order valence-electron chi connectivity index (χ0n) is 31.4. The van der Waals surface area contributed by atoms with Crippen LogP contribution in [-0.2, 0) is 5.41 Å². The second kappa shape index (κ2) is 12.7. The molecule has 58 heavy (non-hydrogen) atoms. The minimum Gasteiger partial charge on any atom is -0.299 e. The first kappa shape index (κ1) is 32.5. The van der Waals surface area contributed by atoms with Crippen LogP contribution in [0.1, 0.15) is 22.3 Å². The lowest BCUT2D eigenvalue weighted by atomic mass is 9.70. The summed E-state index contributed by atoms with van der Waals surface area (Å²) in [5.74, 6) is 0.680. The number of hydrogen-bond acceptors (Lipinski definition) is 3. The summed E-state index contributed by atoms with van der Waals surface area (Å²) in [6.07, 6.45) is 2.08. The lowest BCUT2D eigenvalue weighted by Gasteiger charge is -2.30. The highest BCUT2D eigenvalue weighted by Crippen LogP contribution is 2.63. The molecular weight excluding hydrogens is 705 g/mol. The Balaban J connectivity index is 1.03. The van der Waals surface area contributed by atoms with Gasteiger partial charge in [-0.3, -0.25) is 4.40 Å². The van der Waals surface area contributed by atoms with Crippen LogP contribution in [0.2, 0.25) is 0 Å². The zero-order chi connectivity index (χ0) is 38.2. The average Bonchev–Trinajstić information content (AvgIpc) is 3.94. The quantitative estimate of drug-likeness (QED) is 0.177. The fourth-order valence-corrected chi connectivity index (χ4v) is 9.58. The van der Waals surface area contributed by atoms with Crippen LogP contribution in [0.5, 0.6) is 0 Å². The van der Waals surface area contributed by atoms with E-state index in [-0.39, 0.29) is 0 Å². The van der Waals surface area contributed by atoms with Crippen LogP contribution in [0, 0.1) is 0 Å². The van der Waals surface area contributed by atoms with Crippen molar-refractivity contribution in [3.05, 3.63) is 229 Å². The molecular formula is C54H34N4. The Labute approximate surface area is 336 Å². The monoisotopic (exact) mass is 738 g/mol. The Morgan fingerprint density at radius 3 is 1.48 bits per heavy atom. The predicted octanol–water partition coefficient (Wildman–Crippen LogP) is 12.8. The van der Waals surface area contributed by atoms with Gasteiger partial charge in [0, 0.05) is 34.0 Å². The standard InChI is InChI=1S/C54H34N4/c1-3-15-35(16-4-1)48-34-49(56-53(55-48)38-28-26-37(27-29-38)52-51(36-17-5-2-6-18-36)57-50-25-13-14-32-58(50)52)39-30-31-43-42-21-9-12-24-46(42)54(47(43)33-39)44-22-10-7-19-40(44)41-20-8-11-23-45(41)54/h1-34H. The van der Waals surface area contributed by atoms with Gasteiger partial charge in [0.05, 0.1) is 28.2 Å². The first-order valence-corrected chi connectivity index (χ1v) is 19.8. The summed E-state index contributed by atoms with van der Waals surface area (Å²) in [5, 5.41) is 0. The van der Waals surface area contributed by atoms with Crippen molar-refractivity contribution in [3.63, 3.8) is 0 Å². The summed E-state index contributed by atoms with van der Waals surface area (Å²) >= 11 is 0. The molecule has 4 heteroatoms. The number of benzene rings is 7. The van der Waals surface area contributed by atoms with Crippen molar-refractivity contribution < 1.29 is 0 Å². The molecule has 0 saturated heterocycles. The van der Waals surface area contributed by atoms with Crippen molar-refractivity contribution >= 4 is 5.65 Å². The molecule has 2 aliphatic carbocycles. The van der Waals surface area contributed by atoms with Crippen LogP contribution < -0.4 is 0 Å². The molecule has 0 N–H and O–H groups in total. The molecule has 2 aliphatic rings. The molecule has 0 saturated carbocycles. The van der Waals surface area contributed by atoms with E-state index in [4.69, 9.17) is 15.0 Å². The summed E-state index contributed by atoms with van der Waals surface area (Å²) in [6.45, 7) is 0. The van der Waals surface area contributed by atoms with Crippen LogP contribution in [0.3, 0.4) is 0 Å². The van der Waals surface area contributed by atoms with Gasteiger partial charge in [-0.1, -0.05) is 176 Å². The van der Waals surface area contributed by atoms with E-state index in [1.807, 2.05) is 18.2 Å². The van der Waals surface area contributed by atoms with Gasteiger partial charge in [0.2, 0.25) is 0 Å². The minimum atomic E-state index is -0.431. The van der Waals surface area contributed by atoms with Crippen molar-refractivity contribution in [2.75, 3.05) is 0 Å². The van der Waals surface area contributed by atoms with Gasteiger partial charge < -0.3 is 0 Å². The molecule has 0 unspecified atom stereocenters. The van der Waals surface area contributed by atoms with E-state index in [1.165, 1.54) is 44.5 Å². The van der Waals surface area contributed by atoms with Crippen LogP contribution in [0.25, 0.3) is 84.3 Å². The summed E-state index contributed by atoms with van der Waals surface area (Å²) in [7, 11) is 0. The van der Waals surface area contributed by atoms with Crippen LogP contribution in [0.4, 0.5) is 0 Å². The van der Waals surface area contributed by atoms with Crippen molar-refractivity contribution in [3.8, 4) is 78.7 Å². The third-order valence-electron chi connectivity index (χ3n) is 12.1. The van der Waals surface area contributed by atoms with Gasteiger partial charge in [0.25, 0.3) is 0 Å². The number of aromatic nitrogens is 4.